The maximum Gasteiger partial charge on any atom is 0.236 e. The number of piperidine rings is 1. The molecule has 0 saturated carbocycles. The number of nitriles is 1. The van der Waals surface area contributed by atoms with Crippen molar-refractivity contribution in [2.45, 2.75) is 18.9 Å². The number of carbonyl (C=O) groups excluding carboxylic acids is 1. The van der Waals surface area contributed by atoms with Crippen LogP contribution in [0.25, 0.3) is 11.3 Å². The topological polar surface area (TPSA) is 130 Å². The number of aromatic nitrogens is 2. The Morgan fingerprint density at radius 2 is 1.87 bits per heavy atom. The maximum absolute atomic E-state index is 11.8. The molecule has 10 nitrogen and oxygen atoms in total. The molecule has 2 saturated heterocycles. The molecule has 0 unspecified atom stereocenters. The summed E-state index contributed by atoms with van der Waals surface area (Å²) in [5, 5.41) is 13.0. The number of anilines is 3. The lowest BCUT2D eigenvalue weighted by atomic mass is 10.1. The van der Waals surface area contributed by atoms with Crippen molar-refractivity contribution >= 4 is 23.2 Å². The van der Waals surface area contributed by atoms with Gasteiger partial charge in [-0.15, -0.1) is 0 Å². The van der Waals surface area contributed by atoms with E-state index in [1.54, 1.807) is 17.2 Å². The third-order valence-corrected chi connectivity index (χ3v) is 6.81. The Balaban J connectivity index is 1.24. The number of rotatable bonds is 7. The number of carbonyl (C=O) groups is 1. The standard InChI is InChI=1S/C28H31N7O3/c29-18-21-17-20(1-6-26(21)38-24-8-11-35(12-9-24)27(36)19-30)25-7-10-31-28(33-25)32-22-2-4-23(5-3-22)34-13-15-37-16-14-34/h1-7,10,17,24H,8-9,11-16,19,30H2,(H,31,32,33). The molecule has 1 amide bonds. The van der Waals surface area contributed by atoms with Gasteiger partial charge in [-0.3, -0.25) is 4.79 Å². The number of nitrogens with one attached hydrogen (secondary N) is 1. The smallest absolute Gasteiger partial charge is 0.236 e. The van der Waals surface area contributed by atoms with E-state index in [0.717, 1.165) is 43.2 Å². The van der Waals surface area contributed by atoms with Crippen molar-refractivity contribution in [2.75, 3.05) is 56.2 Å². The van der Waals surface area contributed by atoms with Gasteiger partial charge in [-0.05, 0) is 48.5 Å². The number of likely N-dealkylation sites (tertiary alicyclic amines) is 1. The Hall–Kier alpha value is -4.20. The zero-order chi connectivity index (χ0) is 26.3. The van der Waals surface area contributed by atoms with E-state index in [0.29, 0.717) is 48.9 Å². The lowest BCUT2D eigenvalue weighted by Crippen LogP contribution is -2.44. The average molecular weight is 514 g/mol. The Labute approximate surface area is 222 Å². The molecule has 0 bridgehead atoms. The van der Waals surface area contributed by atoms with E-state index >= 15 is 0 Å². The second kappa shape index (κ2) is 11.9. The Kier molecular flexibility index (Phi) is 7.97. The first kappa shape index (κ1) is 25.4. The van der Waals surface area contributed by atoms with Crippen LogP contribution in [-0.2, 0) is 9.53 Å². The molecule has 3 heterocycles. The first-order chi connectivity index (χ1) is 18.6. The summed E-state index contributed by atoms with van der Waals surface area (Å²) in [6.45, 7) is 4.51. The summed E-state index contributed by atoms with van der Waals surface area (Å²) in [4.78, 5) is 24.9. The van der Waals surface area contributed by atoms with Crippen molar-refractivity contribution in [1.29, 1.82) is 5.26 Å². The largest absolute Gasteiger partial charge is 0.489 e. The molecule has 2 aliphatic rings. The Morgan fingerprint density at radius 1 is 1.11 bits per heavy atom. The number of ether oxygens (including phenoxy) is 2. The number of benzene rings is 2. The fraction of sp³-hybridized carbons (Fsp3) is 0.357. The van der Waals surface area contributed by atoms with E-state index in [4.69, 9.17) is 15.2 Å². The van der Waals surface area contributed by atoms with Gasteiger partial charge in [-0.2, -0.15) is 5.26 Å². The third kappa shape index (κ3) is 6.02. The summed E-state index contributed by atoms with van der Waals surface area (Å²) in [6.07, 6.45) is 3.04. The first-order valence-electron chi connectivity index (χ1n) is 12.8. The van der Waals surface area contributed by atoms with E-state index in [-0.39, 0.29) is 18.6 Å². The second-order valence-corrected chi connectivity index (χ2v) is 9.26. The monoisotopic (exact) mass is 513 g/mol. The van der Waals surface area contributed by atoms with Gasteiger partial charge in [0.2, 0.25) is 11.9 Å². The van der Waals surface area contributed by atoms with Gasteiger partial charge in [-0.25, -0.2) is 9.97 Å². The molecule has 0 spiro atoms. The number of nitrogens with zero attached hydrogens (tertiary/aromatic N) is 5. The zero-order valence-corrected chi connectivity index (χ0v) is 21.2. The van der Waals surface area contributed by atoms with Crippen molar-refractivity contribution in [3.63, 3.8) is 0 Å². The van der Waals surface area contributed by atoms with Gasteiger partial charge < -0.3 is 30.3 Å². The van der Waals surface area contributed by atoms with Crippen molar-refractivity contribution in [3.8, 4) is 23.1 Å². The summed E-state index contributed by atoms with van der Waals surface area (Å²) in [7, 11) is 0. The quantitative estimate of drug-likeness (QED) is 0.490. The van der Waals surface area contributed by atoms with Crippen LogP contribution in [0.3, 0.4) is 0 Å². The normalized spacial score (nSPS) is 16.1. The summed E-state index contributed by atoms with van der Waals surface area (Å²) in [6, 6.07) is 17.7. The highest BCUT2D eigenvalue weighted by Crippen LogP contribution is 2.29. The van der Waals surface area contributed by atoms with E-state index in [9.17, 15) is 10.1 Å². The van der Waals surface area contributed by atoms with Crippen LogP contribution in [0.5, 0.6) is 5.75 Å². The lowest BCUT2D eigenvalue weighted by molar-refractivity contribution is -0.131. The van der Waals surface area contributed by atoms with E-state index in [1.807, 2.05) is 30.3 Å². The first-order valence-corrected chi connectivity index (χ1v) is 12.8. The molecule has 3 aromatic rings. The van der Waals surface area contributed by atoms with Crippen LogP contribution in [0.15, 0.2) is 54.7 Å². The molecule has 10 heteroatoms. The molecule has 3 N–H and O–H groups in total. The number of morpholine rings is 1. The number of hydrogen-bond donors (Lipinski definition) is 2. The van der Waals surface area contributed by atoms with Crippen LogP contribution < -0.4 is 20.7 Å². The van der Waals surface area contributed by atoms with Gasteiger partial charge in [-0.1, -0.05) is 0 Å². The highest BCUT2D eigenvalue weighted by Gasteiger charge is 2.24. The van der Waals surface area contributed by atoms with Gasteiger partial charge in [0.05, 0.1) is 31.0 Å². The van der Waals surface area contributed by atoms with Crippen LogP contribution in [0.2, 0.25) is 0 Å². The number of nitrogens with two attached hydrogens (primary N) is 1. The molecule has 2 aromatic carbocycles. The summed E-state index contributed by atoms with van der Waals surface area (Å²) in [5.74, 6) is 0.959. The molecule has 2 aliphatic heterocycles. The van der Waals surface area contributed by atoms with E-state index in [2.05, 4.69) is 38.4 Å². The molecule has 38 heavy (non-hydrogen) atoms. The van der Waals surface area contributed by atoms with Gasteiger partial charge in [0.15, 0.2) is 0 Å². The lowest BCUT2D eigenvalue weighted by Gasteiger charge is -2.32. The zero-order valence-electron chi connectivity index (χ0n) is 21.2. The van der Waals surface area contributed by atoms with Crippen molar-refractivity contribution < 1.29 is 14.3 Å². The highest BCUT2D eigenvalue weighted by atomic mass is 16.5. The molecule has 0 atom stereocenters. The van der Waals surface area contributed by atoms with E-state index in [1.165, 1.54) is 0 Å². The van der Waals surface area contributed by atoms with Crippen molar-refractivity contribution in [2.24, 2.45) is 5.73 Å². The minimum absolute atomic E-state index is 0.0209. The molecule has 196 valence electrons. The van der Waals surface area contributed by atoms with Gasteiger partial charge in [0.25, 0.3) is 0 Å². The van der Waals surface area contributed by atoms with Crippen LogP contribution in [0, 0.1) is 11.3 Å². The minimum atomic E-state index is -0.0562. The minimum Gasteiger partial charge on any atom is -0.489 e. The second-order valence-electron chi connectivity index (χ2n) is 9.26. The molecular formula is C28H31N7O3. The van der Waals surface area contributed by atoms with Crippen molar-refractivity contribution in [1.82, 2.24) is 14.9 Å². The molecule has 1 aromatic heterocycles. The Bertz CT molecular complexity index is 1290. The SMILES string of the molecule is N#Cc1cc(-c2ccnc(Nc3ccc(N4CCOCC4)cc3)n2)ccc1OC1CCN(C(=O)CN)CC1. The summed E-state index contributed by atoms with van der Waals surface area (Å²) in [5.41, 5.74) is 9.45. The van der Waals surface area contributed by atoms with Crippen LogP contribution >= 0.6 is 0 Å². The van der Waals surface area contributed by atoms with Crippen molar-refractivity contribution in [3.05, 3.63) is 60.3 Å². The average Bonchev–Trinajstić information content (AvgIpc) is 2.98. The van der Waals surface area contributed by atoms with Gasteiger partial charge >= 0.3 is 0 Å². The number of amides is 1. The predicted molar refractivity (Wildman–Crippen MR) is 144 cm³/mol. The maximum atomic E-state index is 11.8. The van der Waals surface area contributed by atoms with Crippen LogP contribution in [-0.4, -0.2) is 72.8 Å². The number of hydrogen-bond acceptors (Lipinski definition) is 9. The molecule has 5 rings (SSSR count). The van der Waals surface area contributed by atoms with Gasteiger partial charge in [0.1, 0.15) is 17.9 Å². The van der Waals surface area contributed by atoms with Crippen LogP contribution in [0.1, 0.15) is 18.4 Å². The fourth-order valence-corrected chi connectivity index (χ4v) is 4.70. The summed E-state index contributed by atoms with van der Waals surface area (Å²) < 4.78 is 11.6. The molecule has 0 aliphatic carbocycles. The van der Waals surface area contributed by atoms with E-state index < -0.39 is 0 Å². The third-order valence-electron chi connectivity index (χ3n) is 6.81. The van der Waals surface area contributed by atoms with Gasteiger partial charge in [0, 0.05) is 62.2 Å². The highest BCUT2D eigenvalue weighted by molar-refractivity contribution is 5.78. The Morgan fingerprint density at radius 3 is 2.58 bits per heavy atom. The molecule has 0 radical (unpaired) electrons. The van der Waals surface area contributed by atoms with Crippen LogP contribution in [0.4, 0.5) is 17.3 Å². The summed E-state index contributed by atoms with van der Waals surface area (Å²) >= 11 is 0. The fourth-order valence-electron chi connectivity index (χ4n) is 4.70. The predicted octanol–water partition coefficient (Wildman–Crippen LogP) is 2.92. The molecule has 2 fully saturated rings. The molecular weight excluding hydrogens is 482 g/mol.